The molecule has 1 aromatic carbocycles. The van der Waals surface area contributed by atoms with Crippen LogP contribution >= 0.6 is 0 Å². The van der Waals surface area contributed by atoms with Crippen LogP contribution in [0.1, 0.15) is 43.0 Å². The summed E-state index contributed by atoms with van der Waals surface area (Å²) in [5.41, 5.74) is 1.47. The molecule has 1 aliphatic heterocycles. The Labute approximate surface area is 165 Å². The van der Waals surface area contributed by atoms with Crippen molar-refractivity contribution in [2.75, 3.05) is 25.1 Å². The smallest absolute Gasteiger partial charge is 0.258 e. The van der Waals surface area contributed by atoms with E-state index in [9.17, 15) is 4.79 Å². The van der Waals surface area contributed by atoms with Gasteiger partial charge in [-0.05, 0) is 56.2 Å². The number of morpholine rings is 1. The number of fused-ring (bicyclic) bond motifs is 1. The standard InChI is InChI=1S/C22H27N3O3/c1-2-27-17-11-9-16(10-12-17)24-21-18(6-5-13-23-21)22(26)25-14-15-28-20-8-4-3-7-19(20)25/h5-6,9-13,19-20H,2-4,7-8,14-15H2,1H3,(H,23,24). The summed E-state index contributed by atoms with van der Waals surface area (Å²) in [6.45, 7) is 3.83. The van der Waals surface area contributed by atoms with Gasteiger partial charge in [-0.2, -0.15) is 0 Å². The molecule has 1 saturated carbocycles. The fourth-order valence-electron chi connectivity index (χ4n) is 4.12. The van der Waals surface area contributed by atoms with Crippen LogP contribution in [0, 0.1) is 0 Å². The van der Waals surface area contributed by atoms with Gasteiger partial charge in [0.25, 0.3) is 5.91 Å². The van der Waals surface area contributed by atoms with Crippen molar-refractivity contribution in [2.24, 2.45) is 0 Å². The van der Waals surface area contributed by atoms with Crippen molar-refractivity contribution in [2.45, 2.75) is 44.8 Å². The summed E-state index contributed by atoms with van der Waals surface area (Å²) < 4.78 is 11.4. The molecule has 6 heteroatoms. The normalized spacial score (nSPS) is 21.7. The SMILES string of the molecule is CCOc1ccc(Nc2ncccc2C(=O)N2CCOC3CCCCC32)cc1. The predicted molar refractivity (Wildman–Crippen MR) is 108 cm³/mol. The molecular formula is C22H27N3O3. The minimum absolute atomic E-state index is 0.0294. The van der Waals surface area contributed by atoms with E-state index in [2.05, 4.69) is 10.3 Å². The number of amides is 1. The Kier molecular flexibility index (Phi) is 5.76. The molecule has 1 amide bonds. The number of pyridine rings is 1. The lowest BCUT2D eigenvalue weighted by Crippen LogP contribution is -2.54. The van der Waals surface area contributed by atoms with Gasteiger partial charge in [-0.15, -0.1) is 0 Å². The van der Waals surface area contributed by atoms with Gasteiger partial charge >= 0.3 is 0 Å². The van der Waals surface area contributed by atoms with Gasteiger partial charge in [-0.3, -0.25) is 4.79 Å². The minimum atomic E-state index is 0.0294. The van der Waals surface area contributed by atoms with Crippen molar-refractivity contribution in [3.8, 4) is 5.75 Å². The third-order valence-corrected chi connectivity index (χ3v) is 5.46. The molecule has 2 aliphatic rings. The third kappa shape index (κ3) is 3.97. The number of nitrogens with zero attached hydrogens (tertiary/aromatic N) is 2. The number of anilines is 2. The van der Waals surface area contributed by atoms with Crippen molar-refractivity contribution in [3.05, 3.63) is 48.2 Å². The van der Waals surface area contributed by atoms with Crippen molar-refractivity contribution in [3.63, 3.8) is 0 Å². The summed E-state index contributed by atoms with van der Waals surface area (Å²) >= 11 is 0. The van der Waals surface area contributed by atoms with E-state index < -0.39 is 0 Å². The first-order chi connectivity index (χ1) is 13.8. The first kappa shape index (κ1) is 18.7. The van der Waals surface area contributed by atoms with Crippen LogP contribution in [-0.2, 0) is 4.74 Å². The zero-order chi connectivity index (χ0) is 19.3. The largest absolute Gasteiger partial charge is 0.494 e. The molecule has 4 rings (SSSR count). The van der Waals surface area contributed by atoms with Gasteiger partial charge in [-0.25, -0.2) is 4.98 Å². The third-order valence-electron chi connectivity index (χ3n) is 5.46. The molecule has 2 atom stereocenters. The molecule has 0 spiro atoms. The predicted octanol–water partition coefficient (Wildman–Crippen LogP) is 4.01. The maximum absolute atomic E-state index is 13.4. The number of ether oxygens (including phenoxy) is 2. The molecule has 1 aromatic heterocycles. The molecule has 148 valence electrons. The zero-order valence-electron chi connectivity index (χ0n) is 16.3. The van der Waals surface area contributed by atoms with Crippen molar-refractivity contribution < 1.29 is 14.3 Å². The van der Waals surface area contributed by atoms with Crippen molar-refractivity contribution >= 4 is 17.4 Å². The Balaban J connectivity index is 1.54. The monoisotopic (exact) mass is 381 g/mol. The molecule has 6 nitrogen and oxygen atoms in total. The summed E-state index contributed by atoms with van der Waals surface area (Å²) in [5, 5.41) is 3.29. The second kappa shape index (κ2) is 8.61. The highest BCUT2D eigenvalue weighted by Crippen LogP contribution is 2.31. The van der Waals surface area contributed by atoms with Gasteiger partial charge in [0.15, 0.2) is 0 Å². The molecule has 0 radical (unpaired) electrons. The molecule has 1 saturated heterocycles. The van der Waals surface area contributed by atoms with Gasteiger partial charge in [0, 0.05) is 18.4 Å². The fourth-order valence-corrected chi connectivity index (χ4v) is 4.12. The van der Waals surface area contributed by atoms with Gasteiger partial charge in [-0.1, -0.05) is 12.8 Å². The Hall–Kier alpha value is -2.60. The van der Waals surface area contributed by atoms with Crippen LogP contribution < -0.4 is 10.1 Å². The van der Waals surface area contributed by atoms with E-state index in [0.717, 1.165) is 30.7 Å². The average Bonchev–Trinajstić information content (AvgIpc) is 2.75. The number of rotatable bonds is 5. The number of nitrogens with one attached hydrogen (secondary N) is 1. The van der Waals surface area contributed by atoms with Crippen LogP contribution in [0.5, 0.6) is 5.75 Å². The lowest BCUT2D eigenvalue weighted by atomic mass is 9.89. The second-order valence-corrected chi connectivity index (χ2v) is 7.24. The summed E-state index contributed by atoms with van der Waals surface area (Å²) in [7, 11) is 0. The molecule has 2 aromatic rings. The summed E-state index contributed by atoms with van der Waals surface area (Å²) in [6, 6.07) is 11.5. The molecule has 2 fully saturated rings. The highest BCUT2D eigenvalue weighted by Gasteiger charge is 2.37. The lowest BCUT2D eigenvalue weighted by molar-refractivity contribution is -0.0752. The van der Waals surface area contributed by atoms with E-state index in [1.807, 2.05) is 48.2 Å². The van der Waals surface area contributed by atoms with Gasteiger partial charge < -0.3 is 19.7 Å². The minimum Gasteiger partial charge on any atom is -0.494 e. The van der Waals surface area contributed by atoms with Crippen LogP contribution in [0.2, 0.25) is 0 Å². The maximum atomic E-state index is 13.4. The molecule has 1 N–H and O–H groups in total. The van der Waals surface area contributed by atoms with Gasteiger partial charge in [0.05, 0.1) is 30.9 Å². The van der Waals surface area contributed by atoms with E-state index in [1.54, 1.807) is 6.20 Å². The van der Waals surface area contributed by atoms with Crippen LogP contribution in [0.3, 0.4) is 0 Å². The lowest BCUT2D eigenvalue weighted by Gasteiger charge is -2.43. The fraction of sp³-hybridized carbons (Fsp3) is 0.455. The molecule has 0 bridgehead atoms. The van der Waals surface area contributed by atoms with Gasteiger partial charge in [0.1, 0.15) is 11.6 Å². The number of hydrogen-bond acceptors (Lipinski definition) is 5. The Morgan fingerprint density at radius 1 is 1.25 bits per heavy atom. The van der Waals surface area contributed by atoms with Crippen molar-refractivity contribution in [1.82, 2.24) is 9.88 Å². The molecular weight excluding hydrogens is 354 g/mol. The number of carbonyl (C=O) groups is 1. The Bertz CT molecular complexity index is 807. The first-order valence-corrected chi connectivity index (χ1v) is 10.1. The highest BCUT2D eigenvalue weighted by atomic mass is 16.5. The molecule has 2 heterocycles. The van der Waals surface area contributed by atoms with E-state index in [-0.39, 0.29) is 18.1 Å². The van der Waals surface area contributed by atoms with Crippen LogP contribution in [0.4, 0.5) is 11.5 Å². The van der Waals surface area contributed by atoms with E-state index in [1.165, 1.54) is 6.42 Å². The van der Waals surface area contributed by atoms with Crippen LogP contribution in [0.25, 0.3) is 0 Å². The number of aromatic nitrogens is 1. The van der Waals surface area contributed by atoms with Crippen molar-refractivity contribution in [1.29, 1.82) is 0 Å². The summed E-state index contributed by atoms with van der Waals surface area (Å²) in [5.74, 6) is 1.43. The molecule has 2 unspecified atom stereocenters. The summed E-state index contributed by atoms with van der Waals surface area (Å²) in [6.07, 6.45) is 6.26. The Morgan fingerprint density at radius 2 is 2.07 bits per heavy atom. The second-order valence-electron chi connectivity index (χ2n) is 7.24. The molecule has 1 aliphatic carbocycles. The highest BCUT2D eigenvalue weighted by molar-refractivity contribution is 5.99. The number of benzene rings is 1. The summed E-state index contributed by atoms with van der Waals surface area (Å²) in [4.78, 5) is 19.8. The van der Waals surface area contributed by atoms with E-state index >= 15 is 0 Å². The topological polar surface area (TPSA) is 63.7 Å². The van der Waals surface area contributed by atoms with Crippen LogP contribution in [0.15, 0.2) is 42.6 Å². The number of hydrogen-bond donors (Lipinski definition) is 1. The maximum Gasteiger partial charge on any atom is 0.258 e. The van der Waals surface area contributed by atoms with E-state index in [0.29, 0.717) is 31.1 Å². The Morgan fingerprint density at radius 3 is 2.89 bits per heavy atom. The average molecular weight is 381 g/mol. The number of carbonyl (C=O) groups excluding carboxylic acids is 1. The quantitative estimate of drug-likeness (QED) is 0.848. The van der Waals surface area contributed by atoms with E-state index in [4.69, 9.17) is 9.47 Å². The van der Waals surface area contributed by atoms with Crippen LogP contribution in [-0.4, -0.2) is 47.7 Å². The molecule has 28 heavy (non-hydrogen) atoms. The zero-order valence-corrected chi connectivity index (χ0v) is 16.3. The van der Waals surface area contributed by atoms with Gasteiger partial charge in [0.2, 0.25) is 0 Å². The first-order valence-electron chi connectivity index (χ1n) is 10.1.